The van der Waals surface area contributed by atoms with Crippen molar-refractivity contribution in [2.45, 2.75) is 19.4 Å². The van der Waals surface area contributed by atoms with Gasteiger partial charge in [-0.2, -0.15) is 5.10 Å². The van der Waals surface area contributed by atoms with E-state index < -0.39 is 11.9 Å². The van der Waals surface area contributed by atoms with Gasteiger partial charge >= 0.3 is 5.97 Å². The Morgan fingerprint density at radius 2 is 2.12 bits per heavy atom. The van der Waals surface area contributed by atoms with Crippen molar-refractivity contribution in [3.05, 3.63) is 52.8 Å². The second-order valence-corrected chi connectivity index (χ2v) is 6.35. The Balaban J connectivity index is 1.70. The number of benzene rings is 1. The molecule has 2 aromatic rings. The molecule has 24 heavy (non-hydrogen) atoms. The Labute approximate surface area is 144 Å². The van der Waals surface area contributed by atoms with Gasteiger partial charge in [-0.25, -0.2) is 0 Å². The molecule has 1 fully saturated rings. The third-order valence-corrected chi connectivity index (χ3v) is 4.60. The van der Waals surface area contributed by atoms with Crippen LogP contribution >= 0.6 is 11.6 Å². The van der Waals surface area contributed by atoms with Gasteiger partial charge < -0.3 is 10.0 Å². The molecule has 1 amide bonds. The van der Waals surface area contributed by atoms with E-state index in [0.717, 1.165) is 5.56 Å². The van der Waals surface area contributed by atoms with Crippen molar-refractivity contribution in [3.8, 4) is 0 Å². The second-order valence-electron chi connectivity index (χ2n) is 5.95. The van der Waals surface area contributed by atoms with Crippen molar-refractivity contribution >= 4 is 23.5 Å². The molecule has 7 heteroatoms. The highest BCUT2D eigenvalue weighted by molar-refractivity contribution is 6.31. The molecule has 0 aliphatic carbocycles. The summed E-state index contributed by atoms with van der Waals surface area (Å²) in [6.07, 6.45) is 4.51. The van der Waals surface area contributed by atoms with Crippen LogP contribution in [0.4, 0.5) is 0 Å². The van der Waals surface area contributed by atoms with Gasteiger partial charge in [0.2, 0.25) is 0 Å². The van der Waals surface area contributed by atoms with Crippen molar-refractivity contribution < 1.29 is 14.7 Å². The summed E-state index contributed by atoms with van der Waals surface area (Å²) in [6, 6.07) is 7.48. The summed E-state index contributed by atoms with van der Waals surface area (Å²) in [7, 11) is 0. The molecule has 1 atom stereocenters. The van der Waals surface area contributed by atoms with E-state index >= 15 is 0 Å². The zero-order valence-electron chi connectivity index (χ0n) is 13.1. The van der Waals surface area contributed by atoms with Gasteiger partial charge in [-0.15, -0.1) is 0 Å². The molecule has 1 unspecified atom stereocenters. The summed E-state index contributed by atoms with van der Waals surface area (Å²) in [5, 5.41) is 14.0. The van der Waals surface area contributed by atoms with Crippen molar-refractivity contribution in [1.29, 1.82) is 0 Å². The number of hydrogen-bond donors (Lipinski definition) is 1. The quantitative estimate of drug-likeness (QED) is 0.922. The monoisotopic (exact) mass is 347 g/mol. The second kappa shape index (κ2) is 7.05. The molecule has 6 nitrogen and oxygen atoms in total. The average molecular weight is 348 g/mol. The van der Waals surface area contributed by atoms with Crippen LogP contribution in [0.5, 0.6) is 0 Å². The largest absolute Gasteiger partial charge is 0.481 e. The standard InChI is InChI=1S/C17H18ClN3O3/c18-15-6-2-1-4-12(15)10-21-11-14(8-19-21)16(22)20-7-3-5-13(9-20)17(23)24/h1-2,4,6,8,11,13H,3,5,7,9-10H2,(H,23,24). The lowest BCUT2D eigenvalue weighted by molar-refractivity contribution is -0.143. The SMILES string of the molecule is O=C(O)C1CCCN(C(=O)c2cnn(Cc3ccccc3Cl)c2)C1. The van der Waals surface area contributed by atoms with Gasteiger partial charge in [-0.3, -0.25) is 14.3 Å². The average Bonchev–Trinajstić information content (AvgIpc) is 3.05. The van der Waals surface area contributed by atoms with E-state index in [-0.39, 0.29) is 12.5 Å². The van der Waals surface area contributed by atoms with Crippen molar-refractivity contribution in [1.82, 2.24) is 14.7 Å². The van der Waals surface area contributed by atoms with E-state index in [9.17, 15) is 9.59 Å². The van der Waals surface area contributed by atoms with Crippen LogP contribution in [0.25, 0.3) is 0 Å². The number of carbonyl (C=O) groups excluding carboxylic acids is 1. The van der Waals surface area contributed by atoms with Crippen LogP contribution in [0.1, 0.15) is 28.8 Å². The predicted molar refractivity (Wildman–Crippen MR) is 89.0 cm³/mol. The molecule has 1 aliphatic rings. The number of carbonyl (C=O) groups is 2. The van der Waals surface area contributed by atoms with E-state index in [4.69, 9.17) is 16.7 Å². The normalized spacial score (nSPS) is 17.7. The first-order valence-corrected chi connectivity index (χ1v) is 8.20. The number of piperidine rings is 1. The molecule has 2 heterocycles. The maximum Gasteiger partial charge on any atom is 0.308 e. The Kier molecular flexibility index (Phi) is 4.85. The number of rotatable bonds is 4. The predicted octanol–water partition coefficient (Wildman–Crippen LogP) is 2.52. The fourth-order valence-corrected chi connectivity index (χ4v) is 3.10. The number of carboxylic acid groups (broad SMARTS) is 1. The maximum atomic E-state index is 12.6. The number of aromatic nitrogens is 2. The Morgan fingerprint density at radius 1 is 1.33 bits per heavy atom. The van der Waals surface area contributed by atoms with Crippen LogP contribution in [0.15, 0.2) is 36.7 Å². The maximum absolute atomic E-state index is 12.6. The molecule has 0 radical (unpaired) electrons. The van der Waals surface area contributed by atoms with Crippen LogP contribution in [0, 0.1) is 5.92 Å². The van der Waals surface area contributed by atoms with Gasteiger partial charge in [0.25, 0.3) is 5.91 Å². The number of nitrogens with zero attached hydrogens (tertiary/aromatic N) is 3. The number of aliphatic carboxylic acids is 1. The fraction of sp³-hybridized carbons (Fsp3) is 0.353. The number of likely N-dealkylation sites (tertiary alicyclic amines) is 1. The molecule has 1 N–H and O–H groups in total. The first kappa shape index (κ1) is 16.5. The lowest BCUT2D eigenvalue weighted by Crippen LogP contribution is -2.42. The molecule has 126 valence electrons. The van der Waals surface area contributed by atoms with Crippen molar-refractivity contribution in [2.75, 3.05) is 13.1 Å². The summed E-state index contributed by atoms with van der Waals surface area (Å²) >= 11 is 6.14. The minimum Gasteiger partial charge on any atom is -0.481 e. The number of hydrogen-bond acceptors (Lipinski definition) is 3. The molecular weight excluding hydrogens is 330 g/mol. The van der Waals surface area contributed by atoms with Crippen LogP contribution in [0.2, 0.25) is 5.02 Å². The molecule has 1 saturated heterocycles. The van der Waals surface area contributed by atoms with Gasteiger partial charge in [0.15, 0.2) is 0 Å². The summed E-state index contributed by atoms with van der Waals surface area (Å²) in [6.45, 7) is 1.31. The zero-order chi connectivity index (χ0) is 17.1. The number of carboxylic acids is 1. The third-order valence-electron chi connectivity index (χ3n) is 4.23. The smallest absolute Gasteiger partial charge is 0.308 e. The summed E-state index contributed by atoms with van der Waals surface area (Å²) in [5.41, 5.74) is 1.39. The minimum atomic E-state index is -0.845. The van der Waals surface area contributed by atoms with Gasteiger partial charge in [0.1, 0.15) is 0 Å². The van der Waals surface area contributed by atoms with Gasteiger partial charge in [-0.1, -0.05) is 29.8 Å². The van der Waals surface area contributed by atoms with E-state index in [1.165, 1.54) is 6.20 Å². The number of halogens is 1. The van der Waals surface area contributed by atoms with Gasteiger partial charge in [-0.05, 0) is 24.5 Å². The molecule has 0 bridgehead atoms. The molecule has 1 aliphatic heterocycles. The highest BCUT2D eigenvalue weighted by atomic mass is 35.5. The molecule has 0 saturated carbocycles. The number of amides is 1. The van der Waals surface area contributed by atoms with Crippen LogP contribution < -0.4 is 0 Å². The van der Waals surface area contributed by atoms with Crippen molar-refractivity contribution in [2.24, 2.45) is 5.92 Å². The first-order valence-electron chi connectivity index (χ1n) is 7.82. The first-order chi connectivity index (χ1) is 11.5. The van der Waals surface area contributed by atoms with Crippen molar-refractivity contribution in [3.63, 3.8) is 0 Å². The third kappa shape index (κ3) is 3.59. The lowest BCUT2D eigenvalue weighted by atomic mass is 9.98. The summed E-state index contributed by atoms with van der Waals surface area (Å²) in [4.78, 5) is 25.3. The minimum absolute atomic E-state index is 0.175. The topological polar surface area (TPSA) is 75.4 Å². The molecule has 1 aromatic carbocycles. The summed E-state index contributed by atoms with van der Waals surface area (Å²) < 4.78 is 1.66. The van der Waals surface area contributed by atoms with Gasteiger partial charge in [0.05, 0.1) is 24.2 Å². The van der Waals surface area contributed by atoms with E-state index in [0.29, 0.717) is 36.5 Å². The van der Waals surface area contributed by atoms with E-state index in [1.807, 2.05) is 24.3 Å². The van der Waals surface area contributed by atoms with E-state index in [1.54, 1.807) is 15.8 Å². The van der Waals surface area contributed by atoms with Crippen LogP contribution in [-0.2, 0) is 11.3 Å². The zero-order valence-corrected chi connectivity index (χ0v) is 13.8. The molecular formula is C17H18ClN3O3. The molecule has 3 rings (SSSR count). The van der Waals surface area contributed by atoms with Crippen LogP contribution in [-0.4, -0.2) is 44.8 Å². The van der Waals surface area contributed by atoms with E-state index in [2.05, 4.69) is 5.10 Å². The molecule has 0 spiro atoms. The molecule has 1 aromatic heterocycles. The van der Waals surface area contributed by atoms with Crippen LogP contribution in [0.3, 0.4) is 0 Å². The van der Waals surface area contributed by atoms with Gasteiger partial charge in [0, 0.05) is 24.3 Å². The highest BCUT2D eigenvalue weighted by Crippen LogP contribution is 2.19. The lowest BCUT2D eigenvalue weighted by Gasteiger charge is -2.30. The fourth-order valence-electron chi connectivity index (χ4n) is 2.91. The Bertz CT molecular complexity index is 759. The summed E-state index contributed by atoms with van der Waals surface area (Å²) in [5.74, 6) is -1.51. The Morgan fingerprint density at radius 3 is 2.88 bits per heavy atom. The highest BCUT2D eigenvalue weighted by Gasteiger charge is 2.29. The Hall–Kier alpha value is -2.34.